The fraction of sp³-hybridized carbons (Fsp3) is 0.667. The van der Waals surface area contributed by atoms with Gasteiger partial charge < -0.3 is 10.4 Å². The molecule has 1 aromatic heterocycles. The molecule has 0 aliphatic carbocycles. The minimum Gasteiger partial charge on any atom is -0.396 e. The third-order valence-corrected chi connectivity index (χ3v) is 5.24. The van der Waals surface area contributed by atoms with E-state index in [2.05, 4.69) is 46.5 Å². The molecule has 0 spiro atoms. The summed E-state index contributed by atoms with van der Waals surface area (Å²) in [4.78, 5) is 1.32. The van der Waals surface area contributed by atoms with Crippen LogP contribution in [0, 0.1) is 5.41 Å². The lowest BCUT2D eigenvalue weighted by Crippen LogP contribution is -2.36. The molecule has 0 unspecified atom stereocenters. The van der Waals surface area contributed by atoms with E-state index < -0.39 is 0 Å². The highest BCUT2D eigenvalue weighted by Gasteiger charge is 2.24. The quantitative estimate of drug-likeness (QED) is 0.809. The van der Waals surface area contributed by atoms with Crippen molar-refractivity contribution < 1.29 is 5.11 Å². The SMILES string of the molecule is CCC(CC)(CO)CNCc1sccc1Br. The molecule has 92 valence electrons. The maximum atomic E-state index is 9.44. The molecule has 0 amide bonds. The molecular formula is C12H20BrNOS. The minimum atomic E-state index is 0.0454. The smallest absolute Gasteiger partial charge is 0.0499 e. The predicted molar refractivity (Wildman–Crippen MR) is 73.8 cm³/mol. The molecule has 16 heavy (non-hydrogen) atoms. The van der Waals surface area contributed by atoms with E-state index in [1.165, 1.54) is 9.35 Å². The van der Waals surface area contributed by atoms with E-state index in [0.717, 1.165) is 25.9 Å². The van der Waals surface area contributed by atoms with E-state index in [9.17, 15) is 5.11 Å². The normalized spacial score (nSPS) is 12.0. The molecule has 1 aromatic rings. The van der Waals surface area contributed by atoms with Crippen LogP contribution in [0.3, 0.4) is 0 Å². The fourth-order valence-electron chi connectivity index (χ4n) is 1.67. The zero-order valence-electron chi connectivity index (χ0n) is 9.92. The summed E-state index contributed by atoms with van der Waals surface area (Å²) < 4.78 is 1.17. The van der Waals surface area contributed by atoms with E-state index in [0.29, 0.717) is 0 Å². The highest BCUT2D eigenvalue weighted by Crippen LogP contribution is 2.26. The van der Waals surface area contributed by atoms with Crippen LogP contribution in [0.15, 0.2) is 15.9 Å². The molecule has 0 saturated heterocycles. The van der Waals surface area contributed by atoms with Gasteiger partial charge in [0.25, 0.3) is 0 Å². The Kier molecular flexibility index (Phi) is 5.97. The number of halogens is 1. The largest absolute Gasteiger partial charge is 0.396 e. The summed E-state index contributed by atoms with van der Waals surface area (Å²) in [5, 5.41) is 15.0. The summed E-state index contributed by atoms with van der Waals surface area (Å²) in [7, 11) is 0. The van der Waals surface area contributed by atoms with Crippen molar-refractivity contribution in [1.82, 2.24) is 5.32 Å². The van der Waals surface area contributed by atoms with Gasteiger partial charge in [0.15, 0.2) is 0 Å². The van der Waals surface area contributed by atoms with Crippen LogP contribution in [0.4, 0.5) is 0 Å². The number of hydrogen-bond donors (Lipinski definition) is 2. The number of hydrogen-bond acceptors (Lipinski definition) is 3. The molecule has 1 rings (SSSR count). The van der Waals surface area contributed by atoms with Gasteiger partial charge in [-0.05, 0) is 40.2 Å². The molecule has 2 nitrogen and oxygen atoms in total. The van der Waals surface area contributed by atoms with Crippen molar-refractivity contribution in [3.63, 3.8) is 0 Å². The lowest BCUT2D eigenvalue weighted by atomic mass is 9.83. The Labute approximate surface area is 110 Å². The van der Waals surface area contributed by atoms with Gasteiger partial charge in [0.2, 0.25) is 0 Å². The topological polar surface area (TPSA) is 32.3 Å². The van der Waals surface area contributed by atoms with Gasteiger partial charge in [-0.15, -0.1) is 11.3 Å². The monoisotopic (exact) mass is 305 g/mol. The van der Waals surface area contributed by atoms with E-state index in [4.69, 9.17) is 0 Å². The van der Waals surface area contributed by atoms with Crippen LogP contribution < -0.4 is 5.32 Å². The molecule has 0 fully saturated rings. The molecule has 0 aliphatic rings. The van der Waals surface area contributed by atoms with E-state index in [1.54, 1.807) is 11.3 Å². The summed E-state index contributed by atoms with van der Waals surface area (Å²) >= 11 is 5.27. The number of thiophene rings is 1. The second-order valence-corrected chi connectivity index (χ2v) is 6.02. The first kappa shape index (κ1) is 14.2. The Morgan fingerprint density at radius 2 is 2.12 bits per heavy atom. The van der Waals surface area contributed by atoms with Gasteiger partial charge in [0.1, 0.15) is 0 Å². The molecule has 0 aromatic carbocycles. The van der Waals surface area contributed by atoms with Crippen molar-refractivity contribution in [2.24, 2.45) is 5.41 Å². The van der Waals surface area contributed by atoms with Crippen LogP contribution in [-0.4, -0.2) is 18.3 Å². The van der Waals surface area contributed by atoms with Gasteiger partial charge in [-0.1, -0.05) is 13.8 Å². The second kappa shape index (κ2) is 6.74. The standard InChI is InChI=1S/C12H20BrNOS/c1-3-12(4-2,9-15)8-14-7-11-10(13)5-6-16-11/h5-6,14-15H,3-4,7-9H2,1-2H3. The van der Waals surface area contributed by atoms with Gasteiger partial charge in [0, 0.05) is 34.5 Å². The Hall–Kier alpha value is 0.100. The second-order valence-electron chi connectivity index (χ2n) is 4.16. The summed E-state index contributed by atoms with van der Waals surface area (Å²) in [6.45, 7) is 6.30. The third kappa shape index (κ3) is 3.55. The van der Waals surface area contributed by atoms with E-state index in [1.807, 2.05) is 0 Å². The van der Waals surface area contributed by atoms with Gasteiger partial charge >= 0.3 is 0 Å². The average Bonchev–Trinajstić information content (AvgIpc) is 2.71. The van der Waals surface area contributed by atoms with Crippen LogP contribution in [0.2, 0.25) is 0 Å². The Bertz CT molecular complexity index is 301. The first-order valence-corrected chi connectivity index (χ1v) is 7.38. The first-order valence-electron chi connectivity index (χ1n) is 5.71. The fourth-order valence-corrected chi connectivity index (χ4v) is 3.13. The molecule has 0 bridgehead atoms. The highest BCUT2D eigenvalue weighted by atomic mass is 79.9. The number of rotatable bonds is 7. The first-order chi connectivity index (χ1) is 7.67. The third-order valence-electron chi connectivity index (χ3n) is 3.31. The summed E-state index contributed by atoms with van der Waals surface area (Å²) in [6.07, 6.45) is 2.03. The van der Waals surface area contributed by atoms with Crippen LogP contribution >= 0.6 is 27.3 Å². The summed E-state index contributed by atoms with van der Waals surface area (Å²) in [5.41, 5.74) is 0.0454. The lowest BCUT2D eigenvalue weighted by Gasteiger charge is -2.29. The van der Waals surface area contributed by atoms with E-state index >= 15 is 0 Å². The average molecular weight is 306 g/mol. The van der Waals surface area contributed by atoms with E-state index in [-0.39, 0.29) is 12.0 Å². The maximum Gasteiger partial charge on any atom is 0.0499 e. The Morgan fingerprint density at radius 1 is 1.44 bits per heavy atom. The predicted octanol–water partition coefficient (Wildman–Crippen LogP) is 3.40. The van der Waals surface area contributed by atoms with Crippen LogP contribution in [0.5, 0.6) is 0 Å². The van der Waals surface area contributed by atoms with Crippen molar-refractivity contribution in [1.29, 1.82) is 0 Å². The Morgan fingerprint density at radius 3 is 2.56 bits per heavy atom. The molecule has 0 atom stereocenters. The molecule has 0 aliphatic heterocycles. The van der Waals surface area contributed by atoms with Crippen LogP contribution in [0.25, 0.3) is 0 Å². The van der Waals surface area contributed by atoms with Gasteiger partial charge in [-0.3, -0.25) is 0 Å². The van der Waals surface area contributed by atoms with Crippen molar-refractivity contribution in [3.8, 4) is 0 Å². The zero-order valence-corrected chi connectivity index (χ0v) is 12.3. The van der Waals surface area contributed by atoms with Gasteiger partial charge in [-0.2, -0.15) is 0 Å². The van der Waals surface area contributed by atoms with Crippen molar-refractivity contribution in [2.45, 2.75) is 33.2 Å². The summed E-state index contributed by atoms with van der Waals surface area (Å²) in [6, 6.07) is 2.07. The Balaban J connectivity index is 2.42. The molecule has 0 radical (unpaired) electrons. The number of aliphatic hydroxyl groups is 1. The molecular weight excluding hydrogens is 286 g/mol. The lowest BCUT2D eigenvalue weighted by molar-refractivity contribution is 0.113. The highest BCUT2D eigenvalue weighted by molar-refractivity contribution is 9.10. The molecule has 1 heterocycles. The van der Waals surface area contributed by atoms with Crippen molar-refractivity contribution >= 4 is 27.3 Å². The van der Waals surface area contributed by atoms with Crippen LogP contribution in [-0.2, 0) is 6.54 Å². The molecule has 0 saturated carbocycles. The minimum absolute atomic E-state index is 0.0454. The maximum absolute atomic E-state index is 9.44. The zero-order chi connectivity index (χ0) is 12.0. The van der Waals surface area contributed by atoms with Gasteiger partial charge in [-0.25, -0.2) is 0 Å². The van der Waals surface area contributed by atoms with Crippen molar-refractivity contribution in [3.05, 3.63) is 20.8 Å². The summed E-state index contributed by atoms with van der Waals surface area (Å²) in [5.74, 6) is 0. The number of nitrogens with one attached hydrogen (secondary N) is 1. The molecule has 4 heteroatoms. The number of aliphatic hydroxyl groups excluding tert-OH is 1. The van der Waals surface area contributed by atoms with Crippen LogP contribution in [0.1, 0.15) is 31.6 Å². The molecule has 2 N–H and O–H groups in total. The van der Waals surface area contributed by atoms with Crippen molar-refractivity contribution in [2.75, 3.05) is 13.2 Å². The van der Waals surface area contributed by atoms with Gasteiger partial charge in [0.05, 0.1) is 0 Å².